The Balaban J connectivity index is 1.96. The fourth-order valence-corrected chi connectivity index (χ4v) is 3.50. The van der Waals surface area contributed by atoms with Crippen molar-refractivity contribution in [3.05, 3.63) is 23.8 Å². The third-order valence-corrected chi connectivity index (χ3v) is 4.77. The minimum Gasteiger partial charge on any atom is -0.398 e. The lowest BCUT2D eigenvalue weighted by Crippen LogP contribution is -2.35. The van der Waals surface area contributed by atoms with Crippen LogP contribution in [0.2, 0.25) is 0 Å². The molecule has 1 saturated carbocycles. The quantitative estimate of drug-likeness (QED) is 0.825. The van der Waals surface area contributed by atoms with E-state index in [2.05, 4.69) is 5.32 Å². The number of hydrogen-bond acceptors (Lipinski definition) is 3. The average Bonchev–Trinajstić information content (AvgIpc) is 2.84. The van der Waals surface area contributed by atoms with E-state index in [4.69, 9.17) is 5.73 Å². The van der Waals surface area contributed by atoms with E-state index in [1.165, 1.54) is 12.8 Å². The molecule has 0 radical (unpaired) electrons. The van der Waals surface area contributed by atoms with Gasteiger partial charge in [-0.2, -0.15) is 0 Å². The standard InChI is InChI=1S/C14H20N2O2S/c1-10-6-7-12(15)13(8-10)19(18)9-14(17)16-11-4-2-3-5-11/h6-8,11H,2-5,9,15H2,1H3,(H,16,17). The number of benzene rings is 1. The molecule has 3 N–H and O–H groups in total. The van der Waals surface area contributed by atoms with E-state index in [1.807, 2.05) is 13.0 Å². The van der Waals surface area contributed by atoms with Crippen molar-refractivity contribution in [2.45, 2.75) is 43.5 Å². The summed E-state index contributed by atoms with van der Waals surface area (Å²) in [7, 11) is -1.37. The number of anilines is 1. The van der Waals surface area contributed by atoms with Gasteiger partial charge in [0.1, 0.15) is 5.75 Å². The molecule has 19 heavy (non-hydrogen) atoms. The maximum absolute atomic E-state index is 12.2. The number of rotatable bonds is 4. The molecule has 4 nitrogen and oxygen atoms in total. The monoisotopic (exact) mass is 280 g/mol. The second-order valence-electron chi connectivity index (χ2n) is 5.08. The van der Waals surface area contributed by atoms with Gasteiger partial charge in [-0.05, 0) is 37.5 Å². The molecule has 0 saturated heterocycles. The molecule has 1 atom stereocenters. The largest absolute Gasteiger partial charge is 0.398 e. The van der Waals surface area contributed by atoms with Crippen LogP contribution < -0.4 is 11.1 Å². The first-order valence-electron chi connectivity index (χ1n) is 6.60. The first kappa shape index (κ1) is 14.1. The van der Waals surface area contributed by atoms with Crippen LogP contribution in [-0.4, -0.2) is 21.9 Å². The summed E-state index contributed by atoms with van der Waals surface area (Å²) in [5, 5.41) is 2.94. The van der Waals surface area contributed by atoms with Gasteiger partial charge >= 0.3 is 0 Å². The number of carbonyl (C=O) groups excluding carboxylic acids is 1. The Morgan fingerprint density at radius 1 is 1.42 bits per heavy atom. The smallest absolute Gasteiger partial charge is 0.233 e. The summed E-state index contributed by atoms with van der Waals surface area (Å²) in [4.78, 5) is 12.4. The van der Waals surface area contributed by atoms with E-state index in [0.29, 0.717) is 10.6 Å². The highest BCUT2D eigenvalue weighted by molar-refractivity contribution is 7.86. The first-order chi connectivity index (χ1) is 9.06. The van der Waals surface area contributed by atoms with Crippen LogP contribution in [0, 0.1) is 6.92 Å². The Morgan fingerprint density at radius 2 is 2.11 bits per heavy atom. The summed E-state index contributed by atoms with van der Waals surface area (Å²) >= 11 is 0. The van der Waals surface area contributed by atoms with E-state index < -0.39 is 10.8 Å². The van der Waals surface area contributed by atoms with Gasteiger partial charge in [0.05, 0.1) is 15.7 Å². The summed E-state index contributed by atoms with van der Waals surface area (Å²) in [6.45, 7) is 1.92. The number of nitrogen functional groups attached to an aromatic ring is 1. The molecule has 0 aliphatic heterocycles. The topological polar surface area (TPSA) is 72.2 Å². The summed E-state index contributed by atoms with van der Waals surface area (Å²) in [5.74, 6) is -0.157. The molecule has 1 aromatic rings. The first-order valence-corrected chi connectivity index (χ1v) is 7.92. The Kier molecular flexibility index (Phi) is 4.58. The average molecular weight is 280 g/mol. The second kappa shape index (κ2) is 6.19. The van der Waals surface area contributed by atoms with Crippen LogP contribution in [0.1, 0.15) is 31.2 Å². The lowest BCUT2D eigenvalue weighted by molar-refractivity contribution is -0.119. The van der Waals surface area contributed by atoms with Crippen LogP contribution in [-0.2, 0) is 15.6 Å². The molecule has 0 heterocycles. The molecular weight excluding hydrogens is 260 g/mol. The normalized spacial score (nSPS) is 17.3. The van der Waals surface area contributed by atoms with E-state index in [-0.39, 0.29) is 17.7 Å². The Bertz CT molecular complexity index is 496. The van der Waals surface area contributed by atoms with Crippen molar-refractivity contribution in [3.8, 4) is 0 Å². The van der Waals surface area contributed by atoms with Gasteiger partial charge in [-0.15, -0.1) is 0 Å². The van der Waals surface area contributed by atoms with Crippen molar-refractivity contribution in [1.82, 2.24) is 5.32 Å². The lowest BCUT2D eigenvalue weighted by atomic mass is 10.2. The van der Waals surface area contributed by atoms with Crippen LogP contribution >= 0.6 is 0 Å². The minimum absolute atomic E-state index is 0.00977. The highest BCUT2D eigenvalue weighted by Gasteiger charge is 2.19. The van der Waals surface area contributed by atoms with Crippen molar-refractivity contribution >= 4 is 22.4 Å². The molecule has 1 fully saturated rings. The van der Waals surface area contributed by atoms with Crippen LogP contribution in [0.5, 0.6) is 0 Å². The summed E-state index contributed by atoms with van der Waals surface area (Å²) in [5.41, 5.74) is 7.28. The zero-order valence-electron chi connectivity index (χ0n) is 11.1. The number of amides is 1. The number of nitrogens with one attached hydrogen (secondary N) is 1. The summed E-state index contributed by atoms with van der Waals surface area (Å²) in [6, 6.07) is 5.65. The maximum atomic E-state index is 12.2. The molecule has 1 aliphatic rings. The fraction of sp³-hybridized carbons (Fsp3) is 0.500. The molecular formula is C14H20N2O2S. The Hall–Kier alpha value is -1.36. The number of carbonyl (C=O) groups is 1. The second-order valence-corrected chi connectivity index (χ2v) is 6.50. The van der Waals surface area contributed by atoms with Gasteiger partial charge in [-0.25, -0.2) is 0 Å². The summed E-state index contributed by atoms with van der Waals surface area (Å²) in [6.07, 6.45) is 4.40. The van der Waals surface area contributed by atoms with Crippen LogP contribution in [0.4, 0.5) is 5.69 Å². The number of nitrogens with two attached hydrogens (primary N) is 1. The highest BCUT2D eigenvalue weighted by atomic mass is 32.2. The van der Waals surface area contributed by atoms with Gasteiger partial charge < -0.3 is 11.1 Å². The van der Waals surface area contributed by atoms with Gasteiger partial charge in [0.25, 0.3) is 0 Å². The van der Waals surface area contributed by atoms with Crippen molar-refractivity contribution < 1.29 is 9.00 Å². The number of hydrogen-bond donors (Lipinski definition) is 2. The predicted molar refractivity (Wildman–Crippen MR) is 77.3 cm³/mol. The van der Waals surface area contributed by atoms with E-state index in [0.717, 1.165) is 18.4 Å². The van der Waals surface area contributed by atoms with Crippen molar-refractivity contribution in [2.75, 3.05) is 11.5 Å². The zero-order chi connectivity index (χ0) is 13.8. The van der Waals surface area contributed by atoms with Gasteiger partial charge in [-0.1, -0.05) is 18.9 Å². The van der Waals surface area contributed by atoms with Crippen molar-refractivity contribution in [1.29, 1.82) is 0 Å². The van der Waals surface area contributed by atoms with Crippen molar-refractivity contribution in [2.24, 2.45) is 0 Å². The highest BCUT2D eigenvalue weighted by Crippen LogP contribution is 2.19. The van der Waals surface area contributed by atoms with Crippen molar-refractivity contribution in [3.63, 3.8) is 0 Å². The molecule has 1 amide bonds. The summed E-state index contributed by atoms with van der Waals surface area (Å²) < 4.78 is 12.2. The molecule has 0 aromatic heterocycles. The van der Waals surface area contributed by atoms with Gasteiger partial charge in [0.15, 0.2) is 0 Å². The molecule has 1 aliphatic carbocycles. The van der Waals surface area contributed by atoms with Crippen LogP contribution in [0.3, 0.4) is 0 Å². The molecule has 1 aromatic carbocycles. The van der Waals surface area contributed by atoms with E-state index >= 15 is 0 Å². The molecule has 104 valence electrons. The molecule has 5 heteroatoms. The number of aryl methyl sites for hydroxylation is 1. The Labute approximate surface area is 116 Å². The van der Waals surface area contributed by atoms with E-state index in [1.54, 1.807) is 12.1 Å². The van der Waals surface area contributed by atoms with Gasteiger partial charge in [0, 0.05) is 11.7 Å². The maximum Gasteiger partial charge on any atom is 0.233 e. The fourth-order valence-electron chi connectivity index (χ4n) is 2.38. The molecule has 0 bridgehead atoms. The zero-order valence-corrected chi connectivity index (χ0v) is 12.0. The predicted octanol–water partition coefficient (Wildman–Crippen LogP) is 1.74. The SMILES string of the molecule is Cc1ccc(N)c(S(=O)CC(=O)NC2CCCC2)c1. The van der Waals surface area contributed by atoms with Crippen LogP contribution in [0.15, 0.2) is 23.1 Å². The third kappa shape index (κ3) is 3.80. The van der Waals surface area contributed by atoms with E-state index in [9.17, 15) is 9.00 Å². The third-order valence-electron chi connectivity index (χ3n) is 3.40. The molecule has 0 spiro atoms. The lowest BCUT2D eigenvalue weighted by Gasteiger charge is -2.12. The molecule has 1 unspecified atom stereocenters. The van der Waals surface area contributed by atoms with Gasteiger partial charge in [-0.3, -0.25) is 9.00 Å². The molecule has 2 rings (SSSR count). The van der Waals surface area contributed by atoms with Gasteiger partial charge in [0.2, 0.25) is 5.91 Å². The van der Waals surface area contributed by atoms with Crippen LogP contribution in [0.25, 0.3) is 0 Å². The minimum atomic E-state index is -1.37. The Morgan fingerprint density at radius 3 is 2.79 bits per heavy atom.